The Bertz CT molecular complexity index is 831. The molecule has 28 heavy (non-hydrogen) atoms. The minimum absolute atomic E-state index is 0.0850. The number of amides is 1. The molecule has 4 rings (SSSR count). The number of halogens is 1. The number of carbonyl (C=O) groups excluding carboxylic acids is 1. The van der Waals surface area contributed by atoms with Crippen molar-refractivity contribution < 1.29 is 4.79 Å². The molecular formula is C20H25BrN6O. The summed E-state index contributed by atoms with van der Waals surface area (Å²) in [5.41, 5.74) is 0.724. The Morgan fingerprint density at radius 1 is 0.893 bits per heavy atom. The van der Waals surface area contributed by atoms with E-state index < -0.39 is 0 Å². The van der Waals surface area contributed by atoms with Gasteiger partial charge in [-0.15, -0.1) is 0 Å². The number of hydrogen-bond donors (Lipinski definition) is 0. The number of carbonyl (C=O) groups is 1. The fourth-order valence-corrected chi connectivity index (χ4v) is 4.06. The van der Waals surface area contributed by atoms with Crippen molar-refractivity contribution >= 4 is 33.5 Å². The third kappa shape index (κ3) is 4.28. The van der Waals surface area contributed by atoms with Gasteiger partial charge in [0.2, 0.25) is 0 Å². The molecule has 0 radical (unpaired) electrons. The van der Waals surface area contributed by atoms with Crippen molar-refractivity contribution in [2.24, 2.45) is 0 Å². The summed E-state index contributed by atoms with van der Waals surface area (Å²) in [6, 6.07) is 9.65. The lowest BCUT2D eigenvalue weighted by Gasteiger charge is -2.36. The van der Waals surface area contributed by atoms with Gasteiger partial charge in [-0.05, 0) is 25.2 Å². The molecule has 0 unspecified atom stereocenters. The molecule has 148 valence electrons. The van der Waals surface area contributed by atoms with Crippen LogP contribution in [0.3, 0.4) is 0 Å². The van der Waals surface area contributed by atoms with E-state index in [1.165, 1.54) is 0 Å². The van der Waals surface area contributed by atoms with E-state index >= 15 is 0 Å². The summed E-state index contributed by atoms with van der Waals surface area (Å²) >= 11 is 3.44. The van der Waals surface area contributed by atoms with E-state index in [1.54, 1.807) is 6.33 Å². The zero-order valence-electron chi connectivity index (χ0n) is 16.1. The van der Waals surface area contributed by atoms with Crippen LogP contribution in [0.4, 0.5) is 11.6 Å². The Hall–Kier alpha value is -2.19. The van der Waals surface area contributed by atoms with E-state index in [9.17, 15) is 4.79 Å². The molecule has 2 aliphatic heterocycles. The first kappa shape index (κ1) is 19.1. The van der Waals surface area contributed by atoms with Crippen molar-refractivity contribution in [1.29, 1.82) is 0 Å². The number of rotatable bonds is 3. The molecular weight excluding hydrogens is 420 g/mol. The SMILES string of the molecule is CN1CCN(c2cc(N3CCN(C(=O)c4cccc(Br)c4)CC3)ncn2)CC1. The largest absolute Gasteiger partial charge is 0.354 e. The predicted molar refractivity (Wildman–Crippen MR) is 114 cm³/mol. The van der Waals surface area contributed by atoms with Crippen LogP contribution in [-0.2, 0) is 0 Å². The Labute approximate surface area is 174 Å². The van der Waals surface area contributed by atoms with E-state index in [1.807, 2.05) is 29.2 Å². The molecule has 1 aromatic carbocycles. The highest BCUT2D eigenvalue weighted by atomic mass is 79.9. The number of piperazine rings is 2. The Morgan fingerprint density at radius 2 is 1.50 bits per heavy atom. The van der Waals surface area contributed by atoms with Crippen molar-refractivity contribution in [2.45, 2.75) is 0 Å². The Balaban J connectivity index is 1.38. The molecule has 0 aliphatic carbocycles. The van der Waals surface area contributed by atoms with Crippen LogP contribution in [0.25, 0.3) is 0 Å². The normalized spacial score (nSPS) is 18.4. The average Bonchev–Trinajstić information content (AvgIpc) is 2.74. The van der Waals surface area contributed by atoms with Gasteiger partial charge >= 0.3 is 0 Å². The van der Waals surface area contributed by atoms with E-state index in [-0.39, 0.29) is 5.91 Å². The third-order valence-electron chi connectivity index (χ3n) is 5.43. The average molecular weight is 445 g/mol. The number of aromatic nitrogens is 2. The number of nitrogens with zero attached hydrogens (tertiary/aromatic N) is 6. The molecule has 0 atom stereocenters. The van der Waals surface area contributed by atoms with Crippen LogP contribution in [0.2, 0.25) is 0 Å². The highest BCUT2D eigenvalue weighted by molar-refractivity contribution is 9.10. The second kappa shape index (κ2) is 8.45. The highest BCUT2D eigenvalue weighted by Gasteiger charge is 2.24. The molecule has 2 fully saturated rings. The van der Waals surface area contributed by atoms with Crippen LogP contribution in [0.1, 0.15) is 10.4 Å². The topological polar surface area (TPSA) is 55.8 Å². The van der Waals surface area contributed by atoms with Gasteiger partial charge in [0.1, 0.15) is 18.0 Å². The monoisotopic (exact) mass is 444 g/mol. The lowest BCUT2D eigenvalue weighted by molar-refractivity contribution is 0.0746. The Morgan fingerprint density at radius 3 is 2.11 bits per heavy atom. The minimum atomic E-state index is 0.0850. The fraction of sp³-hybridized carbons (Fsp3) is 0.450. The van der Waals surface area contributed by atoms with Crippen molar-refractivity contribution in [3.63, 3.8) is 0 Å². The van der Waals surface area contributed by atoms with Gasteiger partial charge in [0.25, 0.3) is 5.91 Å². The summed E-state index contributed by atoms with van der Waals surface area (Å²) in [6.45, 7) is 7.02. The van der Waals surface area contributed by atoms with Gasteiger partial charge in [-0.25, -0.2) is 9.97 Å². The van der Waals surface area contributed by atoms with Gasteiger partial charge in [-0.3, -0.25) is 4.79 Å². The van der Waals surface area contributed by atoms with Crippen LogP contribution in [0.5, 0.6) is 0 Å². The molecule has 0 N–H and O–H groups in total. The van der Waals surface area contributed by atoms with Crippen molar-refractivity contribution in [3.8, 4) is 0 Å². The third-order valence-corrected chi connectivity index (χ3v) is 5.92. The van der Waals surface area contributed by atoms with Gasteiger partial charge in [-0.2, -0.15) is 0 Å². The van der Waals surface area contributed by atoms with Crippen LogP contribution in [-0.4, -0.2) is 85.1 Å². The van der Waals surface area contributed by atoms with Gasteiger partial charge < -0.3 is 19.6 Å². The highest BCUT2D eigenvalue weighted by Crippen LogP contribution is 2.21. The maximum atomic E-state index is 12.7. The summed E-state index contributed by atoms with van der Waals surface area (Å²) in [5.74, 6) is 2.02. The van der Waals surface area contributed by atoms with Crippen molar-refractivity contribution in [3.05, 3.63) is 46.7 Å². The summed E-state index contributed by atoms with van der Waals surface area (Å²) < 4.78 is 0.925. The second-order valence-corrected chi connectivity index (χ2v) is 8.23. The first-order chi connectivity index (χ1) is 13.6. The van der Waals surface area contributed by atoms with Crippen LogP contribution < -0.4 is 9.80 Å². The molecule has 1 amide bonds. The number of anilines is 2. The molecule has 7 nitrogen and oxygen atoms in total. The van der Waals surface area contributed by atoms with E-state index in [2.05, 4.69) is 53.7 Å². The fourth-order valence-electron chi connectivity index (χ4n) is 3.66. The standard InChI is InChI=1S/C20H25BrN6O/c1-24-5-7-25(8-6-24)18-14-19(23-15-22-18)26-9-11-27(12-10-26)20(28)16-3-2-4-17(21)13-16/h2-4,13-15H,5-12H2,1H3. The molecule has 2 saturated heterocycles. The minimum Gasteiger partial charge on any atom is -0.354 e. The van der Waals surface area contributed by atoms with E-state index in [4.69, 9.17) is 0 Å². The zero-order valence-corrected chi connectivity index (χ0v) is 17.7. The van der Waals surface area contributed by atoms with Crippen LogP contribution in [0, 0.1) is 0 Å². The quantitative estimate of drug-likeness (QED) is 0.720. The second-order valence-electron chi connectivity index (χ2n) is 7.31. The number of likely N-dealkylation sites (N-methyl/N-ethyl adjacent to an activating group) is 1. The molecule has 0 spiro atoms. The van der Waals surface area contributed by atoms with Gasteiger partial charge in [0.05, 0.1) is 0 Å². The van der Waals surface area contributed by atoms with E-state index in [0.717, 1.165) is 60.9 Å². The zero-order chi connectivity index (χ0) is 19.5. The summed E-state index contributed by atoms with van der Waals surface area (Å²) in [7, 11) is 2.15. The van der Waals surface area contributed by atoms with Crippen LogP contribution >= 0.6 is 15.9 Å². The molecule has 2 aliphatic rings. The maximum Gasteiger partial charge on any atom is 0.254 e. The maximum absolute atomic E-state index is 12.7. The number of benzene rings is 1. The summed E-state index contributed by atoms with van der Waals surface area (Å²) in [6.07, 6.45) is 1.65. The molecule has 8 heteroatoms. The first-order valence-corrected chi connectivity index (χ1v) is 10.4. The predicted octanol–water partition coefficient (Wildman–Crippen LogP) is 1.95. The molecule has 0 saturated carbocycles. The molecule has 2 aromatic rings. The molecule has 3 heterocycles. The lowest BCUT2D eigenvalue weighted by Crippen LogP contribution is -2.49. The lowest BCUT2D eigenvalue weighted by atomic mass is 10.2. The van der Waals surface area contributed by atoms with E-state index in [0.29, 0.717) is 13.1 Å². The number of hydrogen-bond acceptors (Lipinski definition) is 6. The first-order valence-electron chi connectivity index (χ1n) is 9.65. The van der Waals surface area contributed by atoms with Crippen molar-refractivity contribution in [1.82, 2.24) is 19.8 Å². The Kier molecular flexibility index (Phi) is 5.77. The smallest absolute Gasteiger partial charge is 0.254 e. The summed E-state index contributed by atoms with van der Waals surface area (Å²) in [4.78, 5) is 30.5. The van der Waals surface area contributed by atoms with Crippen molar-refractivity contribution in [2.75, 3.05) is 69.2 Å². The molecule has 0 bridgehead atoms. The van der Waals surface area contributed by atoms with Gasteiger partial charge in [-0.1, -0.05) is 22.0 Å². The van der Waals surface area contributed by atoms with Crippen LogP contribution in [0.15, 0.2) is 41.1 Å². The van der Waals surface area contributed by atoms with Gasteiger partial charge in [0, 0.05) is 68.5 Å². The van der Waals surface area contributed by atoms with Gasteiger partial charge in [0.15, 0.2) is 0 Å². The molecule has 1 aromatic heterocycles. The summed E-state index contributed by atoms with van der Waals surface area (Å²) in [5, 5.41) is 0.